The van der Waals surface area contributed by atoms with Crippen LogP contribution < -0.4 is 0 Å². The Kier molecular flexibility index (Phi) is 5.95. The van der Waals surface area contributed by atoms with Gasteiger partial charge in [0, 0.05) is 13.1 Å². The molecule has 3 heterocycles. The maximum Gasteiger partial charge on any atom is 0.227 e. The first kappa shape index (κ1) is 19.5. The lowest BCUT2D eigenvalue weighted by Gasteiger charge is -2.53. The first-order valence-electron chi connectivity index (χ1n) is 9.80. The van der Waals surface area contributed by atoms with Gasteiger partial charge in [-0.15, -0.1) is 0 Å². The Morgan fingerprint density at radius 1 is 1.07 bits per heavy atom. The van der Waals surface area contributed by atoms with E-state index in [2.05, 4.69) is 21.7 Å². The summed E-state index contributed by atoms with van der Waals surface area (Å²) >= 11 is 12.1. The highest BCUT2D eigenvalue weighted by Crippen LogP contribution is 2.30. The quantitative estimate of drug-likeness (QED) is 0.765. The number of benzene rings is 1. The minimum Gasteiger partial charge on any atom is -0.378 e. The number of carbonyl (C=O) groups excluding carboxylic acids is 1. The molecule has 1 unspecified atom stereocenters. The third-order valence-corrected chi connectivity index (χ3v) is 6.99. The first-order valence-corrected chi connectivity index (χ1v) is 10.6. The molecular formula is C20H27Cl2N3O2. The van der Waals surface area contributed by atoms with E-state index >= 15 is 0 Å². The van der Waals surface area contributed by atoms with Gasteiger partial charge < -0.3 is 9.64 Å². The summed E-state index contributed by atoms with van der Waals surface area (Å²) in [7, 11) is 2.15. The standard InChI is InChI=1S/C20H27Cl2N3O2/c1-23-8-9-25(19(26)11-14-4-5-15(21)16(22)10-14)20-17(23)12-27-13-18(20)24-6-2-3-7-24/h4-5,10,17-18,20H,2-3,6-9,11-13H2,1H3/t17-,18?,20+/m1/s1. The van der Waals surface area contributed by atoms with Crippen molar-refractivity contribution in [2.45, 2.75) is 37.4 Å². The summed E-state index contributed by atoms with van der Waals surface area (Å²) in [6.45, 7) is 5.27. The molecule has 1 aromatic carbocycles. The maximum atomic E-state index is 13.3. The van der Waals surface area contributed by atoms with Crippen molar-refractivity contribution >= 4 is 29.1 Å². The van der Waals surface area contributed by atoms with Gasteiger partial charge in [0.15, 0.2) is 0 Å². The predicted octanol–water partition coefficient (Wildman–Crippen LogP) is 2.54. The molecule has 0 spiro atoms. The zero-order chi connectivity index (χ0) is 19.0. The minimum absolute atomic E-state index is 0.169. The Bertz CT molecular complexity index is 696. The summed E-state index contributed by atoms with van der Waals surface area (Å²) in [4.78, 5) is 20.2. The van der Waals surface area contributed by atoms with Gasteiger partial charge in [0.2, 0.25) is 5.91 Å². The van der Waals surface area contributed by atoms with Crippen LogP contribution in [0, 0.1) is 0 Å². The summed E-state index contributed by atoms with van der Waals surface area (Å²) in [5.74, 6) is 0.169. The normalized spacial score (nSPS) is 29.7. The Morgan fingerprint density at radius 2 is 1.81 bits per heavy atom. The van der Waals surface area contributed by atoms with E-state index in [9.17, 15) is 4.79 Å². The van der Waals surface area contributed by atoms with Gasteiger partial charge in [-0.05, 0) is 50.7 Å². The second kappa shape index (κ2) is 8.26. The number of fused-ring (bicyclic) bond motifs is 1. The van der Waals surface area contributed by atoms with Crippen molar-refractivity contribution in [1.29, 1.82) is 0 Å². The van der Waals surface area contributed by atoms with Crippen LogP contribution in [0.4, 0.5) is 0 Å². The van der Waals surface area contributed by atoms with Gasteiger partial charge >= 0.3 is 0 Å². The van der Waals surface area contributed by atoms with E-state index in [4.69, 9.17) is 27.9 Å². The number of hydrogen-bond donors (Lipinski definition) is 0. The van der Waals surface area contributed by atoms with Crippen LogP contribution in [0.15, 0.2) is 18.2 Å². The third-order valence-electron chi connectivity index (χ3n) is 6.25. The van der Waals surface area contributed by atoms with Crippen molar-refractivity contribution in [1.82, 2.24) is 14.7 Å². The molecule has 3 aliphatic rings. The molecule has 148 valence electrons. The van der Waals surface area contributed by atoms with Crippen molar-refractivity contribution < 1.29 is 9.53 Å². The van der Waals surface area contributed by atoms with E-state index in [1.807, 2.05) is 6.07 Å². The lowest BCUT2D eigenvalue weighted by atomic mass is 9.91. The van der Waals surface area contributed by atoms with Crippen LogP contribution >= 0.6 is 23.2 Å². The van der Waals surface area contributed by atoms with Gasteiger partial charge in [-0.3, -0.25) is 14.6 Å². The van der Waals surface area contributed by atoms with E-state index in [1.54, 1.807) is 12.1 Å². The molecule has 0 saturated carbocycles. The van der Waals surface area contributed by atoms with E-state index in [1.165, 1.54) is 12.8 Å². The zero-order valence-electron chi connectivity index (χ0n) is 15.7. The second-order valence-electron chi connectivity index (χ2n) is 7.90. The largest absolute Gasteiger partial charge is 0.378 e. The fourth-order valence-corrected chi connectivity index (χ4v) is 5.08. The fourth-order valence-electron chi connectivity index (χ4n) is 4.76. The molecule has 1 amide bonds. The summed E-state index contributed by atoms with van der Waals surface area (Å²) in [5, 5.41) is 1.02. The number of ether oxygens (including phenoxy) is 1. The highest BCUT2D eigenvalue weighted by Gasteiger charge is 2.46. The molecule has 0 N–H and O–H groups in total. The molecule has 3 saturated heterocycles. The van der Waals surface area contributed by atoms with Crippen molar-refractivity contribution in [2.24, 2.45) is 0 Å². The molecule has 3 atom stereocenters. The van der Waals surface area contributed by atoms with Gasteiger partial charge in [0.1, 0.15) is 0 Å². The average molecular weight is 412 g/mol. The van der Waals surface area contributed by atoms with Crippen LogP contribution in [-0.2, 0) is 16.0 Å². The topological polar surface area (TPSA) is 36.0 Å². The van der Waals surface area contributed by atoms with Crippen LogP contribution in [-0.4, -0.2) is 85.2 Å². The smallest absolute Gasteiger partial charge is 0.227 e. The number of halogens is 2. The van der Waals surface area contributed by atoms with Gasteiger partial charge in [0.05, 0.1) is 47.8 Å². The average Bonchev–Trinajstić information content (AvgIpc) is 3.19. The summed E-state index contributed by atoms with van der Waals surface area (Å²) in [6, 6.07) is 6.19. The molecule has 3 aliphatic heterocycles. The van der Waals surface area contributed by atoms with Crippen molar-refractivity contribution in [3.8, 4) is 0 Å². The Morgan fingerprint density at radius 3 is 2.56 bits per heavy atom. The lowest BCUT2D eigenvalue weighted by molar-refractivity contribution is -0.150. The van der Waals surface area contributed by atoms with Gasteiger partial charge in [-0.2, -0.15) is 0 Å². The molecule has 4 rings (SSSR count). The first-order chi connectivity index (χ1) is 13.0. The van der Waals surface area contributed by atoms with E-state index in [-0.39, 0.29) is 24.0 Å². The number of carbonyl (C=O) groups is 1. The Hall–Kier alpha value is -0.850. The summed E-state index contributed by atoms with van der Waals surface area (Å²) < 4.78 is 5.96. The molecule has 3 fully saturated rings. The SMILES string of the molecule is CN1CCN(C(=O)Cc2ccc(Cl)c(Cl)c2)[C@@H]2C(N3CCCC3)COC[C@H]21. The number of hydrogen-bond acceptors (Lipinski definition) is 4. The third kappa shape index (κ3) is 3.99. The molecule has 0 radical (unpaired) electrons. The number of rotatable bonds is 3. The van der Waals surface area contributed by atoms with Crippen LogP contribution in [0.1, 0.15) is 18.4 Å². The Labute approximate surface area is 171 Å². The molecule has 5 nitrogen and oxygen atoms in total. The van der Waals surface area contributed by atoms with Crippen molar-refractivity contribution in [2.75, 3.05) is 46.4 Å². The maximum absolute atomic E-state index is 13.3. The number of nitrogens with zero attached hydrogens (tertiary/aromatic N) is 3. The molecule has 0 aliphatic carbocycles. The number of amides is 1. The number of likely N-dealkylation sites (N-methyl/N-ethyl adjacent to an activating group) is 1. The van der Waals surface area contributed by atoms with Gasteiger partial charge in [-0.1, -0.05) is 29.3 Å². The van der Waals surface area contributed by atoms with Crippen LogP contribution in [0.2, 0.25) is 10.0 Å². The minimum atomic E-state index is 0.169. The monoisotopic (exact) mass is 411 g/mol. The van der Waals surface area contributed by atoms with Crippen LogP contribution in [0.5, 0.6) is 0 Å². The van der Waals surface area contributed by atoms with Crippen molar-refractivity contribution in [3.63, 3.8) is 0 Å². The van der Waals surface area contributed by atoms with Crippen LogP contribution in [0.25, 0.3) is 0 Å². The van der Waals surface area contributed by atoms with E-state index in [0.29, 0.717) is 29.7 Å². The molecule has 0 bridgehead atoms. The molecule has 1 aromatic rings. The zero-order valence-corrected chi connectivity index (χ0v) is 17.3. The van der Waals surface area contributed by atoms with Crippen LogP contribution in [0.3, 0.4) is 0 Å². The van der Waals surface area contributed by atoms with Gasteiger partial charge in [0.25, 0.3) is 0 Å². The number of likely N-dealkylation sites (tertiary alicyclic amines) is 1. The molecule has 27 heavy (non-hydrogen) atoms. The molecular weight excluding hydrogens is 385 g/mol. The van der Waals surface area contributed by atoms with Gasteiger partial charge in [-0.25, -0.2) is 0 Å². The molecule has 7 heteroatoms. The second-order valence-corrected chi connectivity index (χ2v) is 8.71. The Balaban J connectivity index is 1.55. The highest BCUT2D eigenvalue weighted by atomic mass is 35.5. The number of piperazine rings is 1. The van der Waals surface area contributed by atoms with Crippen molar-refractivity contribution in [3.05, 3.63) is 33.8 Å². The summed E-state index contributed by atoms with van der Waals surface area (Å²) in [6.07, 6.45) is 2.83. The highest BCUT2D eigenvalue weighted by molar-refractivity contribution is 6.42. The van der Waals surface area contributed by atoms with E-state index < -0.39 is 0 Å². The predicted molar refractivity (Wildman–Crippen MR) is 107 cm³/mol. The summed E-state index contributed by atoms with van der Waals surface area (Å²) in [5.41, 5.74) is 0.912. The van der Waals surface area contributed by atoms with E-state index in [0.717, 1.165) is 31.7 Å². The lowest BCUT2D eigenvalue weighted by Crippen LogP contribution is -2.70. The molecule has 0 aromatic heterocycles. The fraction of sp³-hybridized carbons (Fsp3) is 0.650.